The highest BCUT2D eigenvalue weighted by atomic mass is 32.2. The van der Waals surface area contributed by atoms with E-state index in [-0.39, 0.29) is 0 Å². The maximum Gasteiger partial charge on any atom is 0.248 e. The van der Waals surface area contributed by atoms with Crippen molar-refractivity contribution in [1.29, 1.82) is 0 Å². The number of carbonyl (C=O) groups excluding carboxylic acids is 1. The molecule has 0 radical (unpaired) electrons. The average Bonchev–Trinajstić information content (AvgIpc) is 3.16. The highest BCUT2D eigenvalue weighted by Crippen LogP contribution is 2.39. The van der Waals surface area contributed by atoms with Gasteiger partial charge >= 0.3 is 0 Å². The summed E-state index contributed by atoms with van der Waals surface area (Å²) >= 11 is 1.61. The van der Waals surface area contributed by atoms with E-state index in [1.165, 1.54) is 0 Å². The molecule has 0 aliphatic carbocycles. The van der Waals surface area contributed by atoms with Gasteiger partial charge in [-0.1, -0.05) is 44.5 Å². The van der Waals surface area contributed by atoms with Crippen molar-refractivity contribution in [3.63, 3.8) is 0 Å². The molecule has 1 amide bonds. The van der Waals surface area contributed by atoms with Crippen LogP contribution in [0.15, 0.2) is 34.6 Å². The number of ether oxygens (including phenoxy) is 2. The predicted octanol–water partition coefficient (Wildman–Crippen LogP) is 4.52. The Labute approximate surface area is 193 Å². The summed E-state index contributed by atoms with van der Waals surface area (Å²) in [7, 11) is 0. The van der Waals surface area contributed by atoms with Gasteiger partial charge in [-0.3, -0.25) is 4.79 Å². The zero-order chi connectivity index (χ0) is 23.1. The minimum atomic E-state index is -0.499. The molecule has 3 rings (SSSR count). The molecule has 1 atom stereocenters. The molecule has 0 saturated carbocycles. The van der Waals surface area contributed by atoms with E-state index in [1.54, 1.807) is 16.4 Å². The molecule has 1 aliphatic heterocycles. The van der Waals surface area contributed by atoms with Crippen molar-refractivity contribution in [2.75, 3.05) is 24.3 Å². The molecule has 3 N–H and O–H groups in total. The van der Waals surface area contributed by atoms with E-state index < -0.39 is 11.9 Å². The molecule has 2 heterocycles. The van der Waals surface area contributed by atoms with Crippen LogP contribution in [0, 0.1) is 0 Å². The monoisotopic (exact) mass is 459 g/mol. The number of allylic oxidation sites excluding steroid dienone is 1. The first-order chi connectivity index (χ1) is 15.5. The third kappa shape index (κ3) is 5.38. The van der Waals surface area contributed by atoms with Crippen molar-refractivity contribution in [3.8, 4) is 11.5 Å². The van der Waals surface area contributed by atoms with Crippen LogP contribution in [0.2, 0.25) is 0 Å². The van der Waals surface area contributed by atoms with Gasteiger partial charge in [0.2, 0.25) is 17.0 Å². The molecule has 2 aromatic rings. The maximum absolute atomic E-state index is 12.4. The minimum Gasteiger partial charge on any atom is -0.490 e. The number of nitrogens with one attached hydrogen (secondary N) is 1. The third-order valence-electron chi connectivity index (χ3n) is 5.17. The largest absolute Gasteiger partial charge is 0.490 e. The summed E-state index contributed by atoms with van der Waals surface area (Å²) < 4.78 is 13.5. The van der Waals surface area contributed by atoms with Gasteiger partial charge in [0.05, 0.1) is 18.8 Å². The van der Waals surface area contributed by atoms with Gasteiger partial charge in [0.1, 0.15) is 6.04 Å². The van der Waals surface area contributed by atoms with Crippen molar-refractivity contribution in [2.45, 2.75) is 64.6 Å². The van der Waals surface area contributed by atoms with E-state index in [9.17, 15) is 4.79 Å². The second-order valence-corrected chi connectivity index (χ2v) is 8.70. The number of unbranched alkanes of at least 4 members (excludes halogenated alkanes) is 2. The van der Waals surface area contributed by atoms with Crippen LogP contribution >= 0.6 is 11.8 Å². The fourth-order valence-corrected chi connectivity index (χ4v) is 4.45. The Morgan fingerprint density at radius 2 is 1.97 bits per heavy atom. The number of nitrogens with two attached hydrogens (primary N) is 1. The number of aromatic nitrogens is 3. The Hall–Kier alpha value is -2.68. The highest BCUT2D eigenvalue weighted by molar-refractivity contribution is 7.99. The molecule has 0 fully saturated rings. The van der Waals surface area contributed by atoms with E-state index >= 15 is 0 Å². The Balaban J connectivity index is 2.01. The first-order valence-electron chi connectivity index (χ1n) is 11.3. The van der Waals surface area contributed by atoms with Crippen LogP contribution in [-0.2, 0) is 4.79 Å². The van der Waals surface area contributed by atoms with Crippen molar-refractivity contribution >= 4 is 23.6 Å². The van der Waals surface area contributed by atoms with Crippen LogP contribution in [0.25, 0.3) is 0 Å². The maximum atomic E-state index is 12.4. The number of anilines is 1. The fourth-order valence-electron chi connectivity index (χ4n) is 3.54. The Bertz CT molecular complexity index is 973. The zero-order valence-electron chi connectivity index (χ0n) is 19.3. The van der Waals surface area contributed by atoms with Gasteiger partial charge in [0.25, 0.3) is 0 Å². The molecule has 0 bridgehead atoms. The van der Waals surface area contributed by atoms with Gasteiger partial charge in [-0.05, 0) is 44.4 Å². The standard InChI is InChI=1S/C23H33N5O3S/c1-5-8-12-31-17-11-10-16(14-18(17)30-7-3)20-19(21(24)29)15(4)25-22-26-23(27-28(20)22)32-13-9-6-2/h10-11,14,20H,5-9,12-13H2,1-4H3,(H2,24,29)(H,25,26,27). The summed E-state index contributed by atoms with van der Waals surface area (Å²) in [4.78, 5) is 17.1. The van der Waals surface area contributed by atoms with Crippen LogP contribution in [0.4, 0.5) is 5.95 Å². The van der Waals surface area contributed by atoms with Gasteiger partial charge < -0.3 is 20.5 Å². The van der Waals surface area contributed by atoms with Crippen molar-refractivity contribution < 1.29 is 14.3 Å². The third-order valence-corrected chi connectivity index (χ3v) is 6.09. The van der Waals surface area contributed by atoms with E-state index in [1.807, 2.05) is 32.0 Å². The second kappa shape index (κ2) is 11.3. The summed E-state index contributed by atoms with van der Waals surface area (Å²) in [5, 5.41) is 8.56. The molecular formula is C23H33N5O3S. The lowest BCUT2D eigenvalue weighted by Crippen LogP contribution is -2.31. The Morgan fingerprint density at radius 1 is 1.19 bits per heavy atom. The lowest BCUT2D eigenvalue weighted by Gasteiger charge is -2.28. The van der Waals surface area contributed by atoms with Crippen molar-refractivity contribution in [3.05, 3.63) is 35.0 Å². The number of thioether (sulfide) groups is 1. The van der Waals surface area contributed by atoms with Crippen LogP contribution in [0.3, 0.4) is 0 Å². The number of amides is 1. The SMILES string of the molecule is CCCCOc1ccc(C2C(C(N)=O)=C(C)Nc3nc(SCCCC)nn32)cc1OCC. The lowest BCUT2D eigenvalue weighted by atomic mass is 9.95. The number of fused-ring (bicyclic) bond motifs is 1. The van der Waals surface area contributed by atoms with Crippen LogP contribution < -0.4 is 20.5 Å². The summed E-state index contributed by atoms with van der Waals surface area (Å²) in [6.07, 6.45) is 4.22. The lowest BCUT2D eigenvalue weighted by molar-refractivity contribution is -0.115. The van der Waals surface area contributed by atoms with Crippen molar-refractivity contribution in [1.82, 2.24) is 14.8 Å². The van der Waals surface area contributed by atoms with Crippen LogP contribution in [0.1, 0.15) is 65.0 Å². The predicted molar refractivity (Wildman–Crippen MR) is 127 cm³/mol. The molecule has 1 aliphatic rings. The van der Waals surface area contributed by atoms with Gasteiger partial charge in [-0.2, -0.15) is 4.98 Å². The van der Waals surface area contributed by atoms with E-state index in [0.717, 1.165) is 37.0 Å². The van der Waals surface area contributed by atoms with Gasteiger partial charge in [-0.25, -0.2) is 4.68 Å². The molecule has 8 nitrogen and oxygen atoms in total. The summed E-state index contributed by atoms with van der Waals surface area (Å²) in [6.45, 7) is 9.17. The molecule has 0 saturated heterocycles. The molecule has 1 unspecified atom stereocenters. The average molecular weight is 460 g/mol. The number of rotatable bonds is 12. The molecule has 32 heavy (non-hydrogen) atoms. The molecule has 1 aromatic heterocycles. The van der Waals surface area contributed by atoms with E-state index in [0.29, 0.717) is 47.1 Å². The zero-order valence-corrected chi connectivity index (χ0v) is 20.1. The highest BCUT2D eigenvalue weighted by Gasteiger charge is 2.34. The van der Waals surface area contributed by atoms with E-state index in [2.05, 4.69) is 24.1 Å². The van der Waals surface area contributed by atoms with E-state index in [4.69, 9.17) is 20.3 Å². The minimum absolute atomic E-state index is 0.453. The molecular weight excluding hydrogens is 426 g/mol. The number of hydrogen-bond acceptors (Lipinski definition) is 7. The molecule has 9 heteroatoms. The summed E-state index contributed by atoms with van der Waals surface area (Å²) in [6, 6.07) is 5.23. The second-order valence-electron chi connectivity index (χ2n) is 7.64. The normalized spacial score (nSPS) is 15.3. The summed E-state index contributed by atoms with van der Waals surface area (Å²) in [5.74, 6) is 2.37. The smallest absolute Gasteiger partial charge is 0.248 e. The number of carbonyl (C=O) groups is 1. The Kier molecular flexibility index (Phi) is 8.44. The van der Waals surface area contributed by atoms with Gasteiger partial charge in [0.15, 0.2) is 11.5 Å². The summed E-state index contributed by atoms with van der Waals surface area (Å²) in [5.41, 5.74) is 7.76. The van der Waals surface area contributed by atoms with Crippen molar-refractivity contribution in [2.24, 2.45) is 5.73 Å². The number of benzene rings is 1. The Morgan fingerprint density at radius 3 is 2.66 bits per heavy atom. The van der Waals surface area contributed by atoms with Gasteiger partial charge in [-0.15, -0.1) is 5.10 Å². The topological polar surface area (TPSA) is 104 Å². The first-order valence-corrected chi connectivity index (χ1v) is 12.2. The first kappa shape index (κ1) is 24.0. The molecule has 1 aromatic carbocycles. The molecule has 0 spiro atoms. The number of hydrogen-bond donors (Lipinski definition) is 2. The number of nitrogens with zero attached hydrogens (tertiary/aromatic N) is 3. The van der Waals surface area contributed by atoms with Crippen LogP contribution in [0.5, 0.6) is 11.5 Å². The quantitative estimate of drug-likeness (QED) is 0.355. The fraction of sp³-hybridized carbons (Fsp3) is 0.522. The molecule has 174 valence electrons. The van der Waals surface area contributed by atoms with Gasteiger partial charge in [0, 0.05) is 11.4 Å². The van der Waals surface area contributed by atoms with Crippen LogP contribution in [-0.4, -0.2) is 39.6 Å². The number of primary amides is 1.